The fraction of sp³-hybridized carbons (Fsp3) is 1.00. The highest BCUT2D eigenvalue weighted by molar-refractivity contribution is 4.37. The van der Waals surface area contributed by atoms with E-state index >= 15 is 0 Å². The minimum Gasteiger partial charge on any atom is -0.377 e. The summed E-state index contributed by atoms with van der Waals surface area (Å²) in [6, 6.07) is 0. The van der Waals surface area contributed by atoms with E-state index in [1.165, 1.54) is 0 Å². The molecule has 0 aliphatic carbocycles. The summed E-state index contributed by atoms with van der Waals surface area (Å²) in [4.78, 5) is 2.00. The Morgan fingerprint density at radius 2 is 1.00 bits per heavy atom. The van der Waals surface area contributed by atoms with Gasteiger partial charge in [-0.2, -0.15) is 0 Å². The van der Waals surface area contributed by atoms with Crippen LogP contribution in [0.3, 0.4) is 0 Å². The lowest BCUT2D eigenvalue weighted by molar-refractivity contribution is -0.0334. The van der Waals surface area contributed by atoms with Crippen LogP contribution < -0.4 is 0 Å². The maximum atomic E-state index is 4.94. The summed E-state index contributed by atoms with van der Waals surface area (Å²) in [5.74, 6) is 0. The van der Waals surface area contributed by atoms with Crippen molar-refractivity contribution in [2.75, 3.05) is 47.6 Å². The summed E-state index contributed by atoms with van der Waals surface area (Å²) >= 11 is 0. The Bertz CT molecular complexity index is 48.4. The minimum absolute atomic E-state index is 0.778. The van der Waals surface area contributed by atoms with Crippen LogP contribution in [0, 0.1) is 0 Å². The molecule has 0 aromatic carbocycles. The summed E-state index contributed by atoms with van der Waals surface area (Å²) in [7, 11) is 6.00. The molecule has 0 radical (unpaired) electrons. The first kappa shape index (κ1) is 9.88. The quantitative estimate of drug-likeness (QED) is 0.489. The zero-order valence-corrected chi connectivity index (χ0v) is 7.09. The number of hydrogen-bond donors (Lipinski definition) is 0. The monoisotopic (exact) mass is 147 g/mol. The van der Waals surface area contributed by atoms with Gasteiger partial charge in [0.2, 0.25) is 0 Å². The van der Waals surface area contributed by atoms with E-state index in [1.54, 1.807) is 0 Å². The van der Waals surface area contributed by atoms with Gasteiger partial charge in [0.05, 0.1) is 26.4 Å². The molecule has 0 amide bonds. The molecule has 0 bridgehead atoms. The number of hydrogen-bond acceptors (Lipinski definition) is 3. The summed E-state index contributed by atoms with van der Waals surface area (Å²) in [5, 5.41) is 0. The largest absolute Gasteiger partial charge is 0.377 e. The Morgan fingerprint density at radius 3 is 1.10 bits per heavy atom. The van der Waals surface area contributed by atoms with Gasteiger partial charge in [0.1, 0.15) is 0 Å². The van der Waals surface area contributed by atoms with Crippen molar-refractivity contribution in [3.63, 3.8) is 0 Å². The zero-order chi connectivity index (χ0) is 7.82. The van der Waals surface area contributed by atoms with Crippen molar-refractivity contribution < 1.29 is 9.47 Å². The van der Waals surface area contributed by atoms with E-state index in [4.69, 9.17) is 9.47 Å². The van der Waals surface area contributed by atoms with Crippen molar-refractivity contribution in [1.82, 2.24) is 4.90 Å². The van der Waals surface area contributed by atoms with Crippen molar-refractivity contribution in [2.24, 2.45) is 0 Å². The minimum atomic E-state index is 0.778. The second-order valence-corrected chi connectivity index (χ2v) is 2.57. The number of ether oxygens (including phenoxy) is 2. The molecule has 0 aromatic heterocycles. The van der Waals surface area contributed by atoms with E-state index in [0.717, 1.165) is 26.4 Å². The SMILES string of the molecule is C1COCCO1.CN(C)C. The van der Waals surface area contributed by atoms with Crippen molar-refractivity contribution in [2.45, 2.75) is 0 Å². The lowest BCUT2D eigenvalue weighted by atomic mass is 10.6. The van der Waals surface area contributed by atoms with E-state index < -0.39 is 0 Å². The van der Waals surface area contributed by atoms with Crippen LogP contribution in [0.2, 0.25) is 0 Å². The maximum absolute atomic E-state index is 4.94. The Kier molecular flexibility index (Phi) is 6.91. The predicted molar refractivity (Wildman–Crippen MR) is 41.2 cm³/mol. The molecule has 1 saturated heterocycles. The summed E-state index contributed by atoms with van der Waals surface area (Å²) in [5.41, 5.74) is 0. The molecule has 3 nitrogen and oxygen atoms in total. The van der Waals surface area contributed by atoms with Gasteiger partial charge in [-0.1, -0.05) is 0 Å². The summed E-state index contributed by atoms with van der Waals surface area (Å²) in [6.45, 7) is 3.11. The van der Waals surface area contributed by atoms with Crippen molar-refractivity contribution in [3.05, 3.63) is 0 Å². The molecule has 3 heteroatoms. The van der Waals surface area contributed by atoms with Gasteiger partial charge in [-0.3, -0.25) is 0 Å². The number of nitrogens with zero attached hydrogens (tertiary/aromatic N) is 1. The second kappa shape index (κ2) is 6.99. The first-order valence-electron chi connectivity index (χ1n) is 3.50. The molecular weight excluding hydrogens is 130 g/mol. The van der Waals surface area contributed by atoms with Crippen LogP contribution >= 0.6 is 0 Å². The third kappa shape index (κ3) is 10.8. The van der Waals surface area contributed by atoms with Crippen molar-refractivity contribution in [3.8, 4) is 0 Å². The van der Waals surface area contributed by atoms with Gasteiger partial charge in [0.25, 0.3) is 0 Å². The van der Waals surface area contributed by atoms with E-state index in [9.17, 15) is 0 Å². The first-order valence-corrected chi connectivity index (χ1v) is 3.50. The molecular formula is C7H17NO2. The Balaban J connectivity index is 0.000000180. The maximum Gasteiger partial charge on any atom is 0.0701 e. The average Bonchev–Trinajstić information content (AvgIpc) is 1.90. The smallest absolute Gasteiger partial charge is 0.0701 e. The molecule has 1 heterocycles. The number of rotatable bonds is 0. The Hall–Kier alpha value is -0.120. The van der Waals surface area contributed by atoms with Crippen LogP contribution in [0.5, 0.6) is 0 Å². The molecule has 0 saturated carbocycles. The van der Waals surface area contributed by atoms with E-state index in [2.05, 4.69) is 0 Å². The summed E-state index contributed by atoms with van der Waals surface area (Å²) in [6.07, 6.45) is 0. The lowest BCUT2D eigenvalue weighted by Gasteiger charge is -2.09. The van der Waals surface area contributed by atoms with Gasteiger partial charge >= 0.3 is 0 Å². The lowest BCUT2D eigenvalue weighted by Crippen LogP contribution is -2.16. The molecule has 0 aromatic rings. The molecule has 0 N–H and O–H groups in total. The molecule has 0 unspecified atom stereocenters. The van der Waals surface area contributed by atoms with E-state index in [-0.39, 0.29) is 0 Å². The Morgan fingerprint density at radius 1 is 0.800 bits per heavy atom. The van der Waals surface area contributed by atoms with E-state index in [0.29, 0.717) is 0 Å². The molecule has 1 fully saturated rings. The Labute approximate surface area is 62.9 Å². The average molecular weight is 147 g/mol. The van der Waals surface area contributed by atoms with E-state index in [1.807, 2.05) is 26.0 Å². The van der Waals surface area contributed by atoms with Crippen molar-refractivity contribution >= 4 is 0 Å². The van der Waals surface area contributed by atoms with Crippen LogP contribution in [-0.2, 0) is 9.47 Å². The molecule has 1 aliphatic rings. The van der Waals surface area contributed by atoms with Crippen LogP contribution in [0.25, 0.3) is 0 Å². The first-order chi connectivity index (χ1) is 4.73. The predicted octanol–water partition coefficient (Wildman–Crippen LogP) is 0.211. The van der Waals surface area contributed by atoms with Crippen LogP contribution in [-0.4, -0.2) is 52.5 Å². The highest BCUT2D eigenvalue weighted by Gasteiger charge is 1.94. The highest BCUT2D eigenvalue weighted by Crippen LogP contribution is 1.85. The van der Waals surface area contributed by atoms with Crippen LogP contribution in [0.4, 0.5) is 0 Å². The van der Waals surface area contributed by atoms with Crippen LogP contribution in [0.1, 0.15) is 0 Å². The van der Waals surface area contributed by atoms with Gasteiger partial charge in [0, 0.05) is 0 Å². The van der Waals surface area contributed by atoms with Crippen LogP contribution in [0.15, 0.2) is 0 Å². The van der Waals surface area contributed by atoms with Gasteiger partial charge in [-0.25, -0.2) is 0 Å². The molecule has 1 rings (SSSR count). The molecule has 62 valence electrons. The topological polar surface area (TPSA) is 21.7 Å². The highest BCUT2D eigenvalue weighted by atomic mass is 16.6. The standard InChI is InChI=1S/C4H8O2.C3H9N/c1-2-6-4-3-5-1;1-4(2)3/h1-4H2;1-3H3. The molecule has 1 aliphatic heterocycles. The van der Waals surface area contributed by atoms with Gasteiger partial charge in [-0.05, 0) is 21.1 Å². The van der Waals surface area contributed by atoms with Gasteiger partial charge < -0.3 is 14.4 Å². The van der Waals surface area contributed by atoms with Gasteiger partial charge in [0.15, 0.2) is 0 Å². The second-order valence-electron chi connectivity index (χ2n) is 2.57. The molecule has 10 heavy (non-hydrogen) atoms. The fourth-order valence-corrected chi connectivity index (χ4v) is 0.440. The fourth-order valence-electron chi connectivity index (χ4n) is 0.440. The normalized spacial score (nSPS) is 18.0. The summed E-state index contributed by atoms with van der Waals surface area (Å²) < 4.78 is 9.89. The molecule has 0 atom stereocenters. The zero-order valence-electron chi connectivity index (χ0n) is 7.09. The third-order valence-corrected chi connectivity index (χ3v) is 0.744. The van der Waals surface area contributed by atoms with Crippen molar-refractivity contribution in [1.29, 1.82) is 0 Å². The van der Waals surface area contributed by atoms with Gasteiger partial charge in [-0.15, -0.1) is 0 Å². The molecule has 0 spiro atoms. The third-order valence-electron chi connectivity index (χ3n) is 0.744.